The van der Waals surface area contributed by atoms with Crippen molar-refractivity contribution in [2.45, 2.75) is 26.2 Å². The van der Waals surface area contributed by atoms with Gasteiger partial charge in [0.05, 0.1) is 0 Å². The number of piperidine rings is 1. The number of pyridine rings is 1. The molecule has 1 fully saturated rings. The number of hydrogen-bond donors (Lipinski definition) is 0. The molecule has 0 radical (unpaired) electrons. The molecule has 1 aliphatic heterocycles. The van der Waals surface area contributed by atoms with E-state index >= 15 is 0 Å². The fourth-order valence-corrected chi connectivity index (χ4v) is 2.69. The van der Waals surface area contributed by atoms with Crippen molar-refractivity contribution in [1.29, 1.82) is 0 Å². The van der Waals surface area contributed by atoms with Gasteiger partial charge in [0.1, 0.15) is 0 Å². The third-order valence-corrected chi connectivity index (χ3v) is 3.90. The standard InChI is InChI=1S/C14H20N4/c1-11-4-3-5-14-15-13(16-18(11)14)10-12-6-8-17(2)9-7-12/h3-5,12H,6-10H2,1-2H3. The van der Waals surface area contributed by atoms with Crippen LogP contribution in [0.2, 0.25) is 0 Å². The highest BCUT2D eigenvalue weighted by molar-refractivity contribution is 5.38. The van der Waals surface area contributed by atoms with Gasteiger partial charge in [0, 0.05) is 12.1 Å². The van der Waals surface area contributed by atoms with Gasteiger partial charge in [-0.05, 0) is 58.0 Å². The van der Waals surface area contributed by atoms with Crippen molar-refractivity contribution in [1.82, 2.24) is 19.5 Å². The summed E-state index contributed by atoms with van der Waals surface area (Å²) in [6.07, 6.45) is 3.56. The van der Waals surface area contributed by atoms with Crippen molar-refractivity contribution < 1.29 is 0 Å². The van der Waals surface area contributed by atoms with Crippen LogP contribution in [0.4, 0.5) is 0 Å². The lowest BCUT2D eigenvalue weighted by Crippen LogP contribution is -2.31. The first-order valence-electron chi connectivity index (χ1n) is 6.72. The van der Waals surface area contributed by atoms with E-state index in [0.717, 1.165) is 29.5 Å². The summed E-state index contributed by atoms with van der Waals surface area (Å²) in [5.74, 6) is 1.75. The molecule has 18 heavy (non-hydrogen) atoms. The maximum absolute atomic E-state index is 4.62. The summed E-state index contributed by atoms with van der Waals surface area (Å²) in [6, 6.07) is 6.14. The molecule has 1 saturated heterocycles. The van der Waals surface area contributed by atoms with Crippen molar-refractivity contribution in [2.24, 2.45) is 5.92 Å². The van der Waals surface area contributed by atoms with Gasteiger partial charge in [-0.3, -0.25) is 0 Å². The van der Waals surface area contributed by atoms with Crippen molar-refractivity contribution in [3.05, 3.63) is 29.7 Å². The van der Waals surface area contributed by atoms with E-state index in [-0.39, 0.29) is 0 Å². The van der Waals surface area contributed by atoms with E-state index in [4.69, 9.17) is 0 Å². The molecule has 0 aromatic carbocycles. The van der Waals surface area contributed by atoms with Gasteiger partial charge in [0.15, 0.2) is 11.5 Å². The fraction of sp³-hybridized carbons (Fsp3) is 0.571. The normalized spacial score (nSPS) is 18.6. The van der Waals surface area contributed by atoms with Gasteiger partial charge >= 0.3 is 0 Å². The minimum atomic E-state index is 0.749. The zero-order chi connectivity index (χ0) is 12.5. The van der Waals surface area contributed by atoms with Gasteiger partial charge in [0.2, 0.25) is 0 Å². The molecule has 0 spiro atoms. The molecular formula is C14H20N4. The molecule has 3 rings (SSSR count). The van der Waals surface area contributed by atoms with Crippen molar-refractivity contribution >= 4 is 5.65 Å². The van der Waals surface area contributed by atoms with Gasteiger partial charge < -0.3 is 4.90 Å². The van der Waals surface area contributed by atoms with Crippen LogP contribution in [-0.4, -0.2) is 39.6 Å². The van der Waals surface area contributed by atoms with E-state index in [1.165, 1.54) is 25.9 Å². The molecule has 0 unspecified atom stereocenters. The molecule has 0 bridgehead atoms. The molecule has 2 aromatic heterocycles. The van der Waals surface area contributed by atoms with Crippen LogP contribution in [0, 0.1) is 12.8 Å². The van der Waals surface area contributed by atoms with E-state index in [1.807, 2.05) is 16.6 Å². The Morgan fingerprint density at radius 2 is 2.06 bits per heavy atom. The molecule has 1 aliphatic rings. The first-order valence-corrected chi connectivity index (χ1v) is 6.72. The van der Waals surface area contributed by atoms with Crippen molar-refractivity contribution in [3.8, 4) is 0 Å². The lowest BCUT2D eigenvalue weighted by molar-refractivity contribution is 0.217. The lowest BCUT2D eigenvalue weighted by atomic mass is 9.94. The maximum atomic E-state index is 4.62. The number of likely N-dealkylation sites (tertiary alicyclic amines) is 1. The predicted octanol–water partition coefficient (Wildman–Crippen LogP) is 1.92. The zero-order valence-electron chi connectivity index (χ0n) is 11.1. The summed E-state index contributed by atoms with van der Waals surface area (Å²) in [6.45, 7) is 4.48. The first kappa shape index (κ1) is 11.7. The number of rotatable bonds is 2. The Morgan fingerprint density at radius 1 is 1.28 bits per heavy atom. The quantitative estimate of drug-likeness (QED) is 0.809. The summed E-state index contributed by atoms with van der Waals surface area (Å²) in [4.78, 5) is 7.03. The van der Waals surface area contributed by atoms with Crippen molar-refractivity contribution in [3.63, 3.8) is 0 Å². The molecule has 4 heteroatoms. The lowest BCUT2D eigenvalue weighted by Gasteiger charge is -2.28. The second-order valence-electron chi connectivity index (χ2n) is 5.42. The number of hydrogen-bond acceptors (Lipinski definition) is 3. The highest BCUT2D eigenvalue weighted by Crippen LogP contribution is 2.19. The summed E-state index contributed by atoms with van der Waals surface area (Å²) < 4.78 is 1.95. The fourth-order valence-electron chi connectivity index (χ4n) is 2.69. The molecule has 0 amide bonds. The van der Waals surface area contributed by atoms with Gasteiger partial charge in [-0.2, -0.15) is 5.10 Å². The Bertz CT molecular complexity index is 538. The van der Waals surface area contributed by atoms with Crippen LogP contribution < -0.4 is 0 Å². The van der Waals surface area contributed by atoms with Gasteiger partial charge in [0.25, 0.3) is 0 Å². The van der Waals surface area contributed by atoms with E-state index in [9.17, 15) is 0 Å². The summed E-state index contributed by atoms with van der Waals surface area (Å²) in [5.41, 5.74) is 2.12. The minimum Gasteiger partial charge on any atom is -0.306 e. The van der Waals surface area contributed by atoms with Crippen LogP contribution in [-0.2, 0) is 6.42 Å². The average Bonchev–Trinajstić information content (AvgIpc) is 2.76. The van der Waals surface area contributed by atoms with Gasteiger partial charge in [-0.1, -0.05) is 6.07 Å². The highest BCUT2D eigenvalue weighted by Gasteiger charge is 2.19. The highest BCUT2D eigenvalue weighted by atomic mass is 15.3. The number of aryl methyl sites for hydroxylation is 1. The smallest absolute Gasteiger partial charge is 0.155 e. The summed E-state index contributed by atoms with van der Waals surface area (Å²) in [5, 5.41) is 4.62. The molecule has 0 saturated carbocycles. The molecule has 3 heterocycles. The minimum absolute atomic E-state index is 0.749. The number of fused-ring (bicyclic) bond motifs is 1. The Balaban J connectivity index is 1.77. The maximum Gasteiger partial charge on any atom is 0.155 e. The predicted molar refractivity (Wildman–Crippen MR) is 71.6 cm³/mol. The third-order valence-electron chi connectivity index (χ3n) is 3.90. The van der Waals surface area contributed by atoms with Crippen LogP contribution in [0.3, 0.4) is 0 Å². The van der Waals surface area contributed by atoms with Gasteiger partial charge in [-0.25, -0.2) is 9.50 Å². The Hall–Kier alpha value is -1.42. The molecule has 4 nitrogen and oxygen atoms in total. The van der Waals surface area contributed by atoms with Crippen LogP contribution in [0.25, 0.3) is 5.65 Å². The van der Waals surface area contributed by atoms with E-state index in [0.29, 0.717) is 0 Å². The molecule has 0 aliphatic carbocycles. The SMILES string of the molecule is Cc1cccc2nc(CC3CCN(C)CC3)nn12. The summed E-state index contributed by atoms with van der Waals surface area (Å²) >= 11 is 0. The van der Waals surface area contributed by atoms with Crippen LogP contribution in [0.5, 0.6) is 0 Å². The first-order chi connectivity index (χ1) is 8.72. The molecule has 96 valence electrons. The van der Waals surface area contributed by atoms with Crippen molar-refractivity contribution in [2.75, 3.05) is 20.1 Å². The molecular weight excluding hydrogens is 224 g/mol. The molecule has 0 atom stereocenters. The topological polar surface area (TPSA) is 33.4 Å². The van der Waals surface area contributed by atoms with E-state index < -0.39 is 0 Å². The van der Waals surface area contributed by atoms with Crippen LogP contribution in [0.1, 0.15) is 24.4 Å². The zero-order valence-corrected chi connectivity index (χ0v) is 11.1. The Labute approximate surface area is 108 Å². The average molecular weight is 244 g/mol. The Kier molecular flexibility index (Phi) is 3.04. The second kappa shape index (κ2) is 4.69. The van der Waals surface area contributed by atoms with Gasteiger partial charge in [-0.15, -0.1) is 0 Å². The van der Waals surface area contributed by atoms with E-state index in [2.05, 4.69) is 35.0 Å². The van der Waals surface area contributed by atoms with Crippen LogP contribution in [0.15, 0.2) is 18.2 Å². The number of nitrogens with zero attached hydrogens (tertiary/aromatic N) is 4. The third kappa shape index (κ3) is 2.25. The summed E-state index contributed by atoms with van der Waals surface area (Å²) in [7, 11) is 2.20. The Morgan fingerprint density at radius 3 is 2.78 bits per heavy atom. The largest absolute Gasteiger partial charge is 0.306 e. The molecule has 2 aromatic rings. The second-order valence-corrected chi connectivity index (χ2v) is 5.42. The molecule has 0 N–H and O–H groups in total. The van der Waals surface area contributed by atoms with E-state index in [1.54, 1.807) is 0 Å². The van der Waals surface area contributed by atoms with Crippen LogP contribution >= 0.6 is 0 Å². The monoisotopic (exact) mass is 244 g/mol. The number of aromatic nitrogens is 3.